The van der Waals surface area contributed by atoms with Crippen molar-refractivity contribution in [1.29, 1.82) is 0 Å². The normalized spacial score (nSPS) is 23.1. The van der Waals surface area contributed by atoms with Gasteiger partial charge in [0.1, 0.15) is 21.2 Å². The van der Waals surface area contributed by atoms with Gasteiger partial charge in [-0.25, -0.2) is 0 Å². The minimum atomic E-state index is -0.391. The average molecular weight is 479 g/mol. The number of hydrogen-bond acceptors (Lipinski definition) is 6. The molecule has 30 heavy (non-hydrogen) atoms. The molecule has 10 heteroatoms. The third-order valence-electron chi connectivity index (χ3n) is 4.69. The van der Waals surface area contributed by atoms with E-state index in [0.29, 0.717) is 15.9 Å². The van der Waals surface area contributed by atoms with Gasteiger partial charge in [0.2, 0.25) is 11.8 Å². The lowest BCUT2D eigenvalue weighted by atomic mass is 10.2. The highest BCUT2D eigenvalue weighted by atomic mass is 35.5. The second kappa shape index (κ2) is 9.57. The molecule has 3 N–H and O–H groups in total. The maximum Gasteiger partial charge on any atom is 0.238 e. The van der Waals surface area contributed by atoms with Crippen LogP contribution in [0.3, 0.4) is 0 Å². The van der Waals surface area contributed by atoms with Gasteiger partial charge in [0.25, 0.3) is 0 Å². The third kappa shape index (κ3) is 4.76. The minimum Gasteiger partial charge on any atom is -0.351 e. The quantitative estimate of drug-likeness (QED) is 0.551. The van der Waals surface area contributed by atoms with Gasteiger partial charge in [-0.1, -0.05) is 72.0 Å². The molecule has 4 rings (SSSR count). The van der Waals surface area contributed by atoms with Crippen molar-refractivity contribution in [3.63, 3.8) is 0 Å². The Morgan fingerprint density at radius 1 is 1.20 bits per heavy atom. The van der Waals surface area contributed by atoms with Gasteiger partial charge in [-0.3, -0.25) is 14.9 Å². The number of para-hydroxylation sites is 1. The number of benzene rings is 2. The minimum absolute atomic E-state index is 0.0847. The lowest BCUT2D eigenvalue weighted by Crippen LogP contribution is -2.64. The second-order valence-electron chi connectivity index (χ2n) is 6.69. The zero-order chi connectivity index (χ0) is 21.1. The molecule has 2 fully saturated rings. The van der Waals surface area contributed by atoms with Crippen molar-refractivity contribution < 1.29 is 9.59 Å². The van der Waals surface area contributed by atoms with Gasteiger partial charge in [0.05, 0.1) is 5.75 Å². The lowest BCUT2D eigenvalue weighted by molar-refractivity contribution is -0.123. The van der Waals surface area contributed by atoms with E-state index < -0.39 is 5.50 Å². The summed E-state index contributed by atoms with van der Waals surface area (Å²) in [5.74, 6) is -0.0178. The fourth-order valence-electron chi connectivity index (χ4n) is 3.24. The number of halogens is 1. The Morgan fingerprint density at radius 2 is 1.93 bits per heavy atom. The highest BCUT2D eigenvalue weighted by molar-refractivity contribution is 8.24. The first-order valence-electron chi connectivity index (χ1n) is 9.26. The topological polar surface area (TPSA) is 73.5 Å². The molecule has 0 radical (unpaired) electrons. The second-order valence-corrected chi connectivity index (χ2v) is 9.97. The van der Waals surface area contributed by atoms with Crippen molar-refractivity contribution in [1.82, 2.24) is 16.0 Å². The number of amides is 2. The molecule has 3 atom stereocenters. The third-order valence-corrected chi connectivity index (χ3v) is 7.69. The number of rotatable bonds is 6. The van der Waals surface area contributed by atoms with Crippen molar-refractivity contribution in [3.05, 3.63) is 65.2 Å². The van der Waals surface area contributed by atoms with Crippen molar-refractivity contribution >= 4 is 69.2 Å². The number of fused-ring (bicyclic) bond motifs is 1. The number of nitrogens with one attached hydrogen (secondary N) is 3. The number of nitrogens with zero attached hydrogens (tertiary/aromatic N) is 1. The Bertz CT molecular complexity index is 962. The Hall–Kier alpha value is -1.78. The van der Waals surface area contributed by atoms with Crippen LogP contribution in [-0.2, 0) is 16.1 Å². The predicted octanol–water partition coefficient (Wildman–Crippen LogP) is 2.93. The lowest BCUT2D eigenvalue weighted by Gasteiger charge is -2.36. The van der Waals surface area contributed by atoms with Crippen molar-refractivity contribution in [2.45, 2.75) is 23.5 Å². The van der Waals surface area contributed by atoms with Crippen LogP contribution >= 0.6 is 47.3 Å². The number of thioether (sulfide) groups is 2. The summed E-state index contributed by atoms with van der Waals surface area (Å²) in [7, 11) is 0. The number of carbonyl (C=O) groups is 2. The fraction of sp³-hybridized carbons (Fsp3) is 0.250. The summed E-state index contributed by atoms with van der Waals surface area (Å²) in [6.07, 6.45) is -0.262. The van der Waals surface area contributed by atoms with E-state index in [4.69, 9.17) is 23.8 Å². The molecule has 3 unspecified atom stereocenters. The van der Waals surface area contributed by atoms with Crippen LogP contribution in [0.25, 0.3) is 0 Å². The molecule has 156 valence electrons. The van der Waals surface area contributed by atoms with E-state index >= 15 is 0 Å². The average Bonchev–Trinajstić information content (AvgIpc) is 3.09. The summed E-state index contributed by atoms with van der Waals surface area (Å²) in [5, 5.41) is 9.48. The van der Waals surface area contributed by atoms with Crippen LogP contribution in [-0.4, -0.2) is 38.8 Å². The molecule has 0 aliphatic carbocycles. The van der Waals surface area contributed by atoms with Crippen LogP contribution in [0, 0.1) is 0 Å². The van der Waals surface area contributed by atoms with Crippen LogP contribution in [0.1, 0.15) is 5.56 Å². The zero-order valence-corrected chi connectivity index (χ0v) is 18.9. The SMILES string of the molecule is O=C(CSC1NC(=O)C2SC(=S)N(c3ccccc3)C2N1)NCc1ccccc1Cl. The molecule has 2 aliphatic heterocycles. The van der Waals surface area contributed by atoms with Crippen LogP contribution in [0.15, 0.2) is 54.6 Å². The molecule has 0 aromatic heterocycles. The summed E-state index contributed by atoms with van der Waals surface area (Å²) in [5.41, 5.74) is 1.41. The molecule has 2 heterocycles. The Balaban J connectivity index is 1.34. The maximum atomic E-state index is 12.6. The summed E-state index contributed by atoms with van der Waals surface area (Å²) < 4.78 is 0.655. The maximum absolute atomic E-state index is 12.6. The molecular weight excluding hydrogens is 460 g/mol. The molecule has 0 saturated carbocycles. The molecule has 2 amide bonds. The van der Waals surface area contributed by atoms with E-state index in [-0.39, 0.29) is 29.0 Å². The molecule has 2 aromatic carbocycles. The first kappa shape index (κ1) is 21.5. The van der Waals surface area contributed by atoms with Gasteiger partial charge in [-0.2, -0.15) is 0 Å². The van der Waals surface area contributed by atoms with Crippen molar-refractivity contribution in [3.8, 4) is 0 Å². The first-order chi connectivity index (χ1) is 14.5. The molecule has 2 aromatic rings. The molecule has 2 saturated heterocycles. The highest BCUT2D eigenvalue weighted by Crippen LogP contribution is 2.37. The molecule has 0 spiro atoms. The summed E-state index contributed by atoms with van der Waals surface area (Å²) >= 11 is 14.3. The van der Waals surface area contributed by atoms with Crippen molar-refractivity contribution in [2.75, 3.05) is 10.7 Å². The zero-order valence-electron chi connectivity index (χ0n) is 15.7. The molecule has 0 bridgehead atoms. The summed E-state index contributed by atoms with van der Waals surface area (Å²) in [4.78, 5) is 26.8. The van der Waals surface area contributed by atoms with Crippen LogP contribution in [0.5, 0.6) is 0 Å². The van der Waals surface area contributed by atoms with Crippen LogP contribution in [0.4, 0.5) is 5.69 Å². The van der Waals surface area contributed by atoms with Crippen LogP contribution in [0.2, 0.25) is 5.02 Å². The van der Waals surface area contributed by atoms with E-state index in [2.05, 4.69) is 16.0 Å². The molecule has 2 aliphatic rings. The van der Waals surface area contributed by atoms with E-state index in [0.717, 1.165) is 11.3 Å². The fourth-order valence-corrected chi connectivity index (χ4v) is 5.88. The molecular formula is C20H19ClN4O2S3. The first-order valence-corrected chi connectivity index (χ1v) is 12.0. The summed E-state index contributed by atoms with van der Waals surface area (Å²) in [6, 6.07) is 17.1. The van der Waals surface area contributed by atoms with E-state index in [9.17, 15) is 9.59 Å². The monoisotopic (exact) mass is 478 g/mol. The van der Waals surface area contributed by atoms with E-state index in [1.807, 2.05) is 53.4 Å². The van der Waals surface area contributed by atoms with E-state index in [1.54, 1.807) is 6.07 Å². The Kier molecular flexibility index (Phi) is 6.84. The van der Waals surface area contributed by atoms with Gasteiger partial charge in [0, 0.05) is 17.3 Å². The van der Waals surface area contributed by atoms with Gasteiger partial charge >= 0.3 is 0 Å². The van der Waals surface area contributed by atoms with Gasteiger partial charge in [0.15, 0.2) is 0 Å². The number of hydrogen-bond donors (Lipinski definition) is 3. The van der Waals surface area contributed by atoms with Gasteiger partial charge in [-0.15, -0.1) is 11.8 Å². The largest absolute Gasteiger partial charge is 0.351 e. The van der Waals surface area contributed by atoms with Gasteiger partial charge < -0.3 is 15.5 Å². The number of anilines is 1. The Labute approximate surface area is 193 Å². The smallest absolute Gasteiger partial charge is 0.238 e. The number of thiocarbonyl (C=S) groups is 1. The highest BCUT2D eigenvalue weighted by Gasteiger charge is 2.47. The number of carbonyl (C=O) groups excluding carboxylic acids is 2. The van der Waals surface area contributed by atoms with E-state index in [1.165, 1.54) is 23.5 Å². The molecule has 6 nitrogen and oxygen atoms in total. The standard InChI is InChI=1S/C20H19ClN4O2S3/c21-14-9-5-4-6-12(14)10-22-15(26)11-29-19-23-17-16(18(27)24-19)30-20(28)25(17)13-7-2-1-3-8-13/h1-9,16-17,19,23H,10-11H2,(H,22,26)(H,24,27). The summed E-state index contributed by atoms with van der Waals surface area (Å²) in [6.45, 7) is 0.362. The Morgan fingerprint density at radius 3 is 2.70 bits per heavy atom. The van der Waals surface area contributed by atoms with Gasteiger partial charge in [-0.05, 0) is 23.8 Å². The van der Waals surface area contributed by atoms with Crippen molar-refractivity contribution in [2.24, 2.45) is 0 Å². The predicted molar refractivity (Wildman–Crippen MR) is 128 cm³/mol. The van der Waals surface area contributed by atoms with Crippen LogP contribution < -0.4 is 20.9 Å².